The molecule has 0 aromatic heterocycles. The van der Waals surface area contributed by atoms with E-state index in [0.29, 0.717) is 11.5 Å². The molecule has 1 atom stereocenters. The van der Waals surface area contributed by atoms with E-state index in [1.165, 1.54) is 31.3 Å². The maximum atomic E-state index is 13.6. The molecule has 9 nitrogen and oxygen atoms in total. The first kappa shape index (κ1) is 29.0. The van der Waals surface area contributed by atoms with Crippen LogP contribution in [-0.2, 0) is 26.2 Å². The minimum absolute atomic E-state index is 0.142. The number of carbonyl (C=O) groups is 2. The Morgan fingerprint density at radius 3 is 2.19 bits per heavy atom. The number of anilines is 1. The molecule has 2 amide bonds. The fourth-order valence-electron chi connectivity index (χ4n) is 3.66. The maximum absolute atomic E-state index is 13.6. The van der Waals surface area contributed by atoms with Gasteiger partial charge in [0, 0.05) is 18.2 Å². The minimum Gasteiger partial charge on any atom is -0.493 e. The Morgan fingerprint density at radius 1 is 1.03 bits per heavy atom. The van der Waals surface area contributed by atoms with Crippen molar-refractivity contribution in [3.05, 3.63) is 53.6 Å². The Labute approximate surface area is 214 Å². The van der Waals surface area contributed by atoms with Gasteiger partial charge in [0.15, 0.2) is 11.5 Å². The monoisotopic (exact) mass is 519 g/mol. The van der Waals surface area contributed by atoms with E-state index in [9.17, 15) is 18.0 Å². The van der Waals surface area contributed by atoms with Crippen molar-refractivity contribution in [1.29, 1.82) is 0 Å². The minimum atomic E-state index is -3.86. The van der Waals surface area contributed by atoms with Gasteiger partial charge in [-0.25, -0.2) is 8.42 Å². The maximum Gasteiger partial charge on any atom is 0.244 e. The van der Waals surface area contributed by atoms with Crippen LogP contribution in [0, 0.1) is 6.92 Å². The molecule has 0 unspecified atom stereocenters. The Morgan fingerprint density at radius 2 is 1.67 bits per heavy atom. The molecular formula is C26H37N3O6S. The topological polar surface area (TPSA) is 105 Å². The number of carbonyl (C=O) groups excluding carboxylic acids is 2. The quantitative estimate of drug-likeness (QED) is 0.517. The zero-order chi connectivity index (χ0) is 27.3. The van der Waals surface area contributed by atoms with Crippen LogP contribution in [0.1, 0.15) is 38.8 Å². The van der Waals surface area contributed by atoms with Crippen molar-refractivity contribution in [2.24, 2.45) is 0 Å². The molecule has 2 aromatic rings. The third kappa shape index (κ3) is 7.87. The SMILES string of the molecule is COc1ccc(N(CC(=O)N(Cc2cccc(C)c2)[C@H](C)C(=O)NC(C)(C)C)S(C)(=O)=O)cc1OC. The van der Waals surface area contributed by atoms with Gasteiger partial charge in [0.2, 0.25) is 21.8 Å². The largest absolute Gasteiger partial charge is 0.493 e. The highest BCUT2D eigenvalue weighted by atomic mass is 32.2. The lowest BCUT2D eigenvalue weighted by Crippen LogP contribution is -2.54. The lowest BCUT2D eigenvalue weighted by Gasteiger charge is -2.33. The summed E-state index contributed by atoms with van der Waals surface area (Å²) in [4.78, 5) is 28.0. The second-order valence-corrected chi connectivity index (χ2v) is 11.6. The zero-order valence-corrected chi connectivity index (χ0v) is 23.1. The van der Waals surface area contributed by atoms with Crippen LogP contribution >= 0.6 is 0 Å². The highest BCUT2D eigenvalue weighted by Gasteiger charge is 2.31. The van der Waals surface area contributed by atoms with Crippen molar-refractivity contribution in [3.63, 3.8) is 0 Å². The zero-order valence-electron chi connectivity index (χ0n) is 22.3. The molecule has 0 saturated carbocycles. The summed E-state index contributed by atoms with van der Waals surface area (Å²) in [6.07, 6.45) is 1.03. The molecule has 0 spiro atoms. The van der Waals surface area contributed by atoms with Crippen molar-refractivity contribution in [1.82, 2.24) is 10.2 Å². The molecule has 2 aromatic carbocycles. The fourth-order valence-corrected chi connectivity index (χ4v) is 4.50. The molecule has 0 aliphatic carbocycles. The van der Waals surface area contributed by atoms with E-state index in [1.54, 1.807) is 13.0 Å². The van der Waals surface area contributed by atoms with Gasteiger partial charge in [-0.15, -0.1) is 0 Å². The standard InChI is InChI=1S/C26H37N3O6S/c1-18-10-9-11-20(14-18)16-28(19(2)25(31)27-26(3,4)5)24(30)17-29(36(8,32)33)21-12-13-22(34-6)23(15-21)35-7/h9-15,19H,16-17H2,1-8H3,(H,27,31)/t19-/m1/s1. The number of nitrogens with one attached hydrogen (secondary N) is 1. The summed E-state index contributed by atoms with van der Waals surface area (Å²) in [5.74, 6) is -0.103. The molecule has 0 aliphatic rings. The average molecular weight is 520 g/mol. The van der Waals surface area contributed by atoms with Crippen LogP contribution in [0.25, 0.3) is 0 Å². The first-order valence-corrected chi connectivity index (χ1v) is 13.4. The summed E-state index contributed by atoms with van der Waals surface area (Å²) < 4.78 is 37.0. The molecule has 2 rings (SSSR count). The van der Waals surface area contributed by atoms with Crippen LogP contribution in [0.4, 0.5) is 5.69 Å². The number of methoxy groups -OCH3 is 2. The molecule has 198 valence electrons. The van der Waals surface area contributed by atoms with Crippen LogP contribution in [-0.4, -0.2) is 63.7 Å². The summed E-state index contributed by atoms with van der Waals surface area (Å²) in [6.45, 7) is 8.78. The van der Waals surface area contributed by atoms with Gasteiger partial charge in [-0.05, 0) is 52.3 Å². The van der Waals surface area contributed by atoms with Gasteiger partial charge in [-0.2, -0.15) is 0 Å². The van der Waals surface area contributed by atoms with Crippen molar-refractivity contribution in [2.45, 2.75) is 52.7 Å². The first-order valence-electron chi connectivity index (χ1n) is 11.5. The van der Waals surface area contributed by atoms with Crippen molar-refractivity contribution < 1.29 is 27.5 Å². The highest BCUT2D eigenvalue weighted by Crippen LogP contribution is 2.32. The predicted molar refractivity (Wildman–Crippen MR) is 141 cm³/mol. The molecule has 0 bridgehead atoms. The molecule has 10 heteroatoms. The van der Waals surface area contributed by atoms with Crippen LogP contribution in [0.15, 0.2) is 42.5 Å². The Balaban J connectivity index is 2.46. The van der Waals surface area contributed by atoms with Gasteiger partial charge in [-0.1, -0.05) is 29.8 Å². The summed E-state index contributed by atoms with van der Waals surface area (Å²) in [7, 11) is -0.941. The van der Waals surface area contributed by atoms with E-state index in [4.69, 9.17) is 9.47 Å². The van der Waals surface area contributed by atoms with Crippen molar-refractivity contribution in [2.75, 3.05) is 31.3 Å². The van der Waals surface area contributed by atoms with Crippen LogP contribution in [0.2, 0.25) is 0 Å². The number of hydrogen-bond donors (Lipinski definition) is 1. The highest BCUT2D eigenvalue weighted by molar-refractivity contribution is 7.92. The normalized spacial score (nSPS) is 12.4. The summed E-state index contributed by atoms with van der Waals surface area (Å²) in [5.41, 5.74) is 1.58. The number of benzene rings is 2. The van der Waals surface area contributed by atoms with E-state index in [-0.39, 0.29) is 18.1 Å². The molecule has 0 radical (unpaired) electrons. The average Bonchev–Trinajstić information content (AvgIpc) is 2.78. The van der Waals surface area contributed by atoms with Crippen molar-refractivity contribution in [3.8, 4) is 11.5 Å². The van der Waals surface area contributed by atoms with E-state index in [0.717, 1.165) is 21.7 Å². The molecule has 0 fully saturated rings. The molecule has 1 N–H and O–H groups in total. The third-order valence-corrected chi connectivity index (χ3v) is 6.58. The summed E-state index contributed by atoms with van der Waals surface area (Å²) in [5, 5.41) is 2.90. The smallest absolute Gasteiger partial charge is 0.244 e. The fraction of sp³-hybridized carbons (Fsp3) is 0.462. The number of hydrogen-bond acceptors (Lipinski definition) is 6. The predicted octanol–water partition coefficient (Wildman–Crippen LogP) is 3.11. The van der Waals surface area contributed by atoms with Gasteiger partial charge < -0.3 is 19.7 Å². The summed E-state index contributed by atoms with van der Waals surface area (Å²) in [6, 6.07) is 11.4. The Kier molecular flexibility index (Phi) is 9.37. The van der Waals surface area contributed by atoms with Crippen LogP contribution in [0.5, 0.6) is 11.5 Å². The van der Waals surface area contributed by atoms with Gasteiger partial charge >= 0.3 is 0 Å². The van der Waals surface area contributed by atoms with Crippen LogP contribution in [0.3, 0.4) is 0 Å². The number of amides is 2. The molecule has 0 aliphatic heterocycles. The number of nitrogens with zero attached hydrogens (tertiary/aromatic N) is 2. The third-order valence-electron chi connectivity index (χ3n) is 5.44. The van der Waals surface area contributed by atoms with Gasteiger partial charge in [0.1, 0.15) is 12.6 Å². The summed E-state index contributed by atoms with van der Waals surface area (Å²) >= 11 is 0. The Bertz CT molecular complexity index is 1190. The second-order valence-electron chi connectivity index (χ2n) is 9.73. The number of ether oxygens (including phenoxy) is 2. The van der Waals surface area contributed by atoms with E-state index in [1.807, 2.05) is 52.0 Å². The number of rotatable bonds is 10. The number of sulfonamides is 1. The Hall–Kier alpha value is -3.27. The molecular weight excluding hydrogens is 482 g/mol. The molecule has 0 saturated heterocycles. The van der Waals surface area contributed by atoms with Crippen LogP contribution < -0.4 is 19.1 Å². The van der Waals surface area contributed by atoms with E-state index < -0.39 is 34.1 Å². The van der Waals surface area contributed by atoms with E-state index >= 15 is 0 Å². The second kappa shape index (κ2) is 11.6. The number of aryl methyl sites for hydroxylation is 1. The first-order chi connectivity index (χ1) is 16.7. The van der Waals surface area contributed by atoms with Gasteiger partial charge in [0.05, 0.1) is 26.2 Å². The van der Waals surface area contributed by atoms with Gasteiger partial charge in [-0.3, -0.25) is 13.9 Å². The molecule has 0 heterocycles. The van der Waals surface area contributed by atoms with Gasteiger partial charge in [0.25, 0.3) is 0 Å². The van der Waals surface area contributed by atoms with E-state index in [2.05, 4.69) is 5.32 Å². The lowest BCUT2D eigenvalue weighted by atomic mass is 10.1. The van der Waals surface area contributed by atoms with Crippen molar-refractivity contribution >= 4 is 27.5 Å². The molecule has 36 heavy (non-hydrogen) atoms. The lowest BCUT2D eigenvalue weighted by molar-refractivity contribution is -0.140.